The van der Waals surface area contributed by atoms with Crippen LogP contribution in [0.2, 0.25) is 0 Å². The Morgan fingerprint density at radius 2 is 2.12 bits per heavy atom. The summed E-state index contributed by atoms with van der Waals surface area (Å²) >= 11 is 0. The molecule has 0 aromatic heterocycles. The zero-order chi connectivity index (χ0) is 11.6. The molecule has 1 aromatic carbocycles. The van der Waals surface area contributed by atoms with Gasteiger partial charge in [0.25, 0.3) is 0 Å². The van der Waals surface area contributed by atoms with Crippen LogP contribution in [0.1, 0.15) is 31.7 Å². The van der Waals surface area contributed by atoms with Crippen LogP contribution in [0.25, 0.3) is 0 Å². The molecule has 2 nitrogen and oxygen atoms in total. The van der Waals surface area contributed by atoms with E-state index in [1.54, 1.807) is 6.07 Å². The first kappa shape index (κ1) is 11.5. The first-order valence-electron chi connectivity index (χ1n) is 6.08. The second kappa shape index (κ2) is 4.46. The molecule has 2 heteroatoms. The van der Waals surface area contributed by atoms with E-state index in [0.29, 0.717) is 5.75 Å². The molecule has 88 valence electrons. The number of likely N-dealkylation sites (N-methyl/N-ethyl adjacent to an activating group) is 1. The zero-order valence-corrected chi connectivity index (χ0v) is 10.2. The van der Waals surface area contributed by atoms with Gasteiger partial charge in [0.2, 0.25) is 0 Å². The quantitative estimate of drug-likeness (QED) is 0.785. The summed E-state index contributed by atoms with van der Waals surface area (Å²) in [6.07, 6.45) is 3.77. The van der Waals surface area contributed by atoms with E-state index >= 15 is 0 Å². The highest BCUT2D eigenvalue weighted by Gasteiger charge is 2.29. The molecule has 1 N–H and O–H groups in total. The normalized spacial score (nSPS) is 27.6. The van der Waals surface area contributed by atoms with Crippen molar-refractivity contribution in [2.75, 3.05) is 20.1 Å². The van der Waals surface area contributed by atoms with Crippen molar-refractivity contribution in [1.82, 2.24) is 4.90 Å². The lowest BCUT2D eigenvalue weighted by Crippen LogP contribution is -2.35. The van der Waals surface area contributed by atoms with Gasteiger partial charge < -0.3 is 10.0 Å². The van der Waals surface area contributed by atoms with Crippen LogP contribution in [0.4, 0.5) is 0 Å². The second-order valence-electron chi connectivity index (χ2n) is 5.31. The minimum Gasteiger partial charge on any atom is -0.508 e. The van der Waals surface area contributed by atoms with Crippen LogP contribution in [-0.4, -0.2) is 30.1 Å². The van der Waals surface area contributed by atoms with E-state index in [9.17, 15) is 5.11 Å². The number of benzene rings is 1. The van der Waals surface area contributed by atoms with Crippen molar-refractivity contribution in [3.8, 4) is 5.75 Å². The number of likely N-dealkylation sites (tertiary alicyclic amines) is 1. The Hall–Kier alpha value is -1.02. The third kappa shape index (κ3) is 2.38. The molecule has 1 atom stereocenters. The molecule has 1 heterocycles. The van der Waals surface area contributed by atoms with Gasteiger partial charge in [-0.2, -0.15) is 0 Å². The molecule has 1 fully saturated rings. The Balaban J connectivity index is 2.28. The van der Waals surface area contributed by atoms with Crippen molar-refractivity contribution in [2.45, 2.75) is 31.6 Å². The molecule has 0 amide bonds. The Bertz CT molecular complexity index is 364. The molecule has 1 saturated heterocycles. The number of nitrogens with zero attached hydrogens (tertiary/aromatic N) is 1. The lowest BCUT2D eigenvalue weighted by Gasteiger charge is -2.32. The third-order valence-corrected chi connectivity index (χ3v) is 3.68. The van der Waals surface area contributed by atoms with Crippen LogP contribution in [0.3, 0.4) is 0 Å². The lowest BCUT2D eigenvalue weighted by molar-refractivity contribution is 0.277. The molecule has 2 rings (SSSR count). The first-order valence-corrected chi connectivity index (χ1v) is 6.08. The van der Waals surface area contributed by atoms with Gasteiger partial charge in [0.1, 0.15) is 5.75 Å². The minimum atomic E-state index is 0.185. The van der Waals surface area contributed by atoms with E-state index in [2.05, 4.69) is 24.9 Å². The maximum absolute atomic E-state index is 9.58. The van der Waals surface area contributed by atoms with Crippen LogP contribution >= 0.6 is 0 Å². The van der Waals surface area contributed by atoms with Crippen LogP contribution in [0, 0.1) is 0 Å². The molecule has 16 heavy (non-hydrogen) atoms. The largest absolute Gasteiger partial charge is 0.508 e. The summed E-state index contributed by atoms with van der Waals surface area (Å²) in [7, 11) is 2.19. The highest BCUT2D eigenvalue weighted by molar-refractivity contribution is 5.33. The molecule has 1 aliphatic heterocycles. The summed E-state index contributed by atoms with van der Waals surface area (Å²) in [6.45, 7) is 4.58. The number of hydrogen-bond donors (Lipinski definition) is 1. The molecule has 0 aliphatic carbocycles. The molecule has 0 radical (unpaired) electrons. The molecule has 0 unspecified atom stereocenters. The SMILES string of the molecule is CN1CCCC[C@@](C)(c2cccc(O)c2)C1. The summed E-state index contributed by atoms with van der Waals surface area (Å²) in [5.41, 5.74) is 1.45. The topological polar surface area (TPSA) is 23.5 Å². The summed E-state index contributed by atoms with van der Waals surface area (Å²) in [5, 5.41) is 9.58. The predicted molar refractivity (Wildman–Crippen MR) is 66.8 cm³/mol. The van der Waals surface area contributed by atoms with Gasteiger partial charge in [0, 0.05) is 12.0 Å². The van der Waals surface area contributed by atoms with Crippen LogP contribution in [-0.2, 0) is 5.41 Å². The molecular formula is C14H21NO. The molecule has 0 spiro atoms. The van der Waals surface area contributed by atoms with E-state index in [1.807, 2.05) is 12.1 Å². The van der Waals surface area contributed by atoms with Crippen LogP contribution in [0.15, 0.2) is 24.3 Å². The van der Waals surface area contributed by atoms with Gasteiger partial charge in [-0.05, 0) is 44.1 Å². The number of hydrogen-bond acceptors (Lipinski definition) is 2. The van der Waals surface area contributed by atoms with Gasteiger partial charge in [-0.15, -0.1) is 0 Å². The predicted octanol–water partition coefficient (Wildman–Crippen LogP) is 2.77. The second-order valence-corrected chi connectivity index (χ2v) is 5.31. The maximum atomic E-state index is 9.58. The van der Waals surface area contributed by atoms with E-state index in [0.717, 1.165) is 6.54 Å². The third-order valence-electron chi connectivity index (χ3n) is 3.68. The summed E-state index contributed by atoms with van der Waals surface area (Å²) in [6, 6.07) is 7.74. The smallest absolute Gasteiger partial charge is 0.115 e. The van der Waals surface area contributed by atoms with Gasteiger partial charge in [-0.3, -0.25) is 0 Å². The fourth-order valence-corrected chi connectivity index (χ4v) is 2.77. The van der Waals surface area contributed by atoms with E-state index in [1.165, 1.54) is 31.4 Å². The molecule has 0 bridgehead atoms. The van der Waals surface area contributed by atoms with Crippen molar-refractivity contribution < 1.29 is 5.11 Å². The first-order chi connectivity index (χ1) is 7.60. The summed E-state index contributed by atoms with van der Waals surface area (Å²) in [5.74, 6) is 0.380. The van der Waals surface area contributed by atoms with Gasteiger partial charge in [0.05, 0.1) is 0 Å². The van der Waals surface area contributed by atoms with Gasteiger partial charge in [-0.25, -0.2) is 0 Å². The Kier molecular flexibility index (Phi) is 3.20. The number of phenolic OH excluding ortho intramolecular Hbond substituents is 1. The standard InChI is InChI=1S/C14H21NO/c1-14(8-3-4-9-15(2)11-14)12-6-5-7-13(16)10-12/h5-7,10,16H,3-4,8-9,11H2,1-2H3/t14-/m1/s1. The summed E-state index contributed by atoms with van der Waals surface area (Å²) < 4.78 is 0. The van der Waals surface area contributed by atoms with Crippen molar-refractivity contribution in [3.05, 3.63) is 29.8 Å². The average Bonchev–Trinajstić information content (AvgIpc) is 2.41. The number of aromatic hydroxyl groups is 1. The Morgan fingerprint density at radius 1 is 1.31 bits per heavy atom. The minimum absolute atomic E-state index is 0.185. The summed E-state index contributed by atoms with van der Waals surface area (Å²) in [4.78, 5) is 2.40. The van der Waals surface area contributed by atoms with E-state index < -0.39 is 0 Å². The lowest BCUT2D eigenvalue weighted by atomic mass is 9.78. The average molecular weight is 219 g/mol. The van der Waals surface area contributed by atoms with E-state index in [-0.39, 0.29) is 5.41 Å². The van der Waals surface area contributed by atoms with Crippen molar-refractivity contribution in [3.63, 3.8) is 0 Å². The number of rotatable bonds is 1. The molecule has 0 saturated carbocycles. The number of phenols is 1. The van der Waals surface area contributed by atoms with Crippen molar-refractivity contribution in [1.29, 1.82) is 0 Å². The van der Waals surface area contributed by atoms with Crippen LogP contribution in [0.5, 0.6) is 5.75 Å². The fourth-order valence-electron chi connectivity index (χ4n) is 2.77. The van der Waals surface area contributed by atoms with Gasteiger partial charge in [0.15, 0.2) is 0 Å². The highest BCUT2D eigenvalue weighted by Crippen LogP contribution is 2.33. The Morgan fingerprint density at radius 3 is 2.88 bits per heavy atom. The molecule has 1 aliphatic rings. The zero-order valence-electron chi connectivity index (χ0n) is 10.2. The Labute approximate surface area is 97.9 Å². The van der Waals surface area contributed by atoms with Gasteiger partial charge >= 0.3 is 0 Å². The highest BCUT2D eigenvalue weighted by atomic mass is 16.3. The molecular weight excluding hydrogens is 198 g/mol. The maximum Gasteiger partial charge on any atom is 0.115 e. The van der Waals surface area contributed by atoms with Gasteiger partial charge in [-0.1, -0.05) is 25.5 Å². The molecule has 1 aromatic rings. The van der Waals surface area contributed by atoms with Crippen molar-refractivity contribution >= 4 is 0 Å². The van der Waals surface area contributed by atoms with E-state index in [4.69, 9.17) is 0 Å². The van der Waals surface area contributed by atoms with Crippen LogP contribution < -0.4 is 0 Å². The monoisotopic (exact) mass is 219 g/mol. The fraction of sp³-hybridized carbons (Fsp3) is 0.571. The van der Waals surface area contributed by atoms with Crippen molar-refractivity contribution in [2.24, 2.45) is 0 Å².